The van der Waals surface area contributed by atoms with Crippen molar-refractivity contribution >= 4 is 43.2 Å². The van der Waals surface area contributed by atoms with Crippen LogP contribution in [-0.4, -0.2) is 64.0 Å². The zero-order valence-electron chi connectivity index (χ0n) is 29.8. The number of hydrogen-bond acceptors (Lipinski definition) is 6. The molecule has 0 spiro atoms. The van der Waals surface area contributed by atoms with Crippen molar-refractivity contribution in [3.8, 4) is 0 Å². The molecule has 4 aromatic rings. The van der Waals surface area contributed by atoms with Crippen molar-refractivity contribution in [3.05, 3.63) is 121 Å². The fourth-order valence-electron chi connectivity index (χ4n) is 8.09. The van der Waals surface area contributed by atoms with Gasteiger partial charge in [0.05, 0.1) is 12.7 Å². The van der Waals surface area contributed by atoms with Crippen LogP contribution in [0.25, 0.3) is 0 Å². The number of benzene rings is 4. The lowest BCUT2D eigenvalue weighted by Crippen LogP contribution is -2.67. The van der Waals surface area contributed by atoms with Crippen LogP contribution in [0.4, 0.5) is 0 Å². The van der Waals surface area contributed by atoms with Crippen LogP contribution in [0.5, 0.6) is 0 Å². The van der Waals surface area contributed by atoms with Crippen LogP contribution in [0.3, 0.4) is 0 Å². The largest absolute Gasteiger partial charge is 0.424 e. The minimum absolute atomic E-state index is 0.117. The van der Waals surface area contributed by atoms with Gasteiger partial charge >= 0.3 is 0 Å². The molecule has 2 saturated heterocycles. The minimum atomic E-state index is -3.34. The average Bonchev–Trinajstić information content (AvgIpc) is 3.58. The summed E-state index contributed by atoms with van der Waals surface area (Å²) in [7, 11) is -6.30. The Morgan fingerprint density at radius 3 is 1.53 bits per heavy atom. The molecule has 0 amide bonds. The molecule has 49 heavy (non-hydrogen) atoms. The first-order chi connectivity index (χ1) is 23.2. The molecule has 0 aromatic heterocycles. The Morgan fingerprint density at radius 2 is 1.10 bits per heavy atom. The topological polar surface area (TPSA) is 74.2 Å². The van der Waals surface area contributed by atoms with Crippen LogP contribution in [-0.2, 0) is 23.4 Å². The Bertz CT molecular complexity index is 1630. The third kappa shape index (κ3) is 6.56. The Kier molecular flexibility index (Phi) is 9.80. The van der Waals surface area contributed by atoms with Gasteiger partial charge in [-0.25, -0.2) is 0 Å². The Labute approximate surface area is 293 Å². The van der Waals surface area contributed by atoms with Crippen LogP contribution < -0.4 is 20.7 Å². The molecular weight excluding hydrogens is 645 g/mol. The van der Waals surface area contributed by atoms with Crippen LogP contribution in [0, 0.1) is 0 Å². The number of carbonyl (C=O) groups excluding carboxylic acids is 1. The smallest absolute Gasteiger partial charge is 0.261 e. The molecule has 2 heterocycles. The van der Waals surface area contributed by atoms with E-state index < -0.39 is 51.9 Å². The zero-order valence-corrected chi connectivity index (χ0v) is 31.8. The van der Waals surface area contributed by atoms with E-state index in [1.165, 1.54) is 0 Å². The number of ether oxygens (including phenoxy) is 3. The van der Waals surface area contributed by atoms with E-state index in [0.717, 1.165) is 20.7 Å². The molecule has 6 nitrogen and oxygen atoms in total. The van der Waals surface area contributed by atoms with Crippen molar-refractivity contribution in [2.75, 3.05) is 6.61 Å². The molecule has 0 unspecified atom stereocenters. The second-order valence-corrected chi connectivity index (χ2v) is 23.8. The van der Waals surface area contributed by atoms with Gasteiger partial charge in [0, 0.05) is 0 Å². The van der Waals surface area contributed by atoms with E-state index in [-0.39, 0.29) is 17.4 Å². The molecule has 2 aliphatic rings. The van der Waals surface area contributed by atoms with Gasteiger partial charge in [0.1, 0.15) is 18.3 Å². The molecule has 0 saturated carbocycles. The monoisotopic (exact) mass is 694 g/mol. The van der Waals surface area contributed by atoms with E-state index in [1.807, 2.05) is 111 Å². The average molecular weight is 695 g/mol. The number of fused-ring (bicyclic) bond motifs is 1. The summed E-state index contributed by atoms with van der Waals surface area (Å²) in [5.41, 5.74) is 0. The zero-order chi connectivity index (χ0) is 35.1. The molecule has 2 aliphatic heterocycles. The molecule has 2 fully saturated rings. The van der Waals surface area contributed by atoms with Gasteiger partial charge in [-0.2, -0.15) is 0 Å². The summed E-state index contributed by atoms with van der Waals surface area (Å²) in [5.74, 6) is -1.05. The summed E-state index contributed by atoms with van der Waals surface area (Å²) in [5, 5.41) is 3.19. The molecule has 0 radical (unpaired) electrons. The third-order valence-electron chi connectivity index (χ3n) is 10.4. The molecule has 4 aromatic carbocycles. The summed E-state index contributed by atoms with van der Waals surface area (Å²) in [6, 6.07) is 40.6. The number of Topliss-reactive ketones (excluding diaryl/α,β-unsaturated/α-hetero) is 1. The highest BCUT2D eigenvalue weighted by Gasteiger charge is 2.61. The second-order valence-electron chi connectivity index (χ2n) is 15.6. The number of carbonyl (C=O) groups is 1. The van der Waals surface area contributed by atoms with Crippen LogP contribution in [0.2, 0.25) is 10.1 Å². The fraction of sp³-hybridized carbons (Fsp3) is 0.390. The van der Waals surface area contributed by atoms with Gasteiger partial charge in [0.2, 0.25) is 0 Å². The standard InChI is InChI=1S/C41H50O6Si2/c1-39(2,3)49(32-24-16-10-17-25-32,33-26-18-11-19-27-33)44-29-34(42)36-38-37(46-41(6,7)47-38)35(45-36)28-40(4,5)48(43,30-20-12-8-13-21-30)31-22-14-9-15-23-31/h8-27,35-38,43H,28-29H2,1-7H3/t35-,36-,37-,38+/m1/s1. The summed E-state index contributed by atoms with van der Waals surface area (Å²) in [6.07, 6.45) is -1.93. The molecule has 0 bridgehead atoms. The maximum Gasteiger partial charge on any atom is 0.261 e. The highest BCUT2D eigenvalue weighted by Crippen LogP contribution is 2.47. The number of rotatable bonds is 11. The predicted octanol–water partition coefficient (Wildman–Crippen LogP) is 5.34. The van der Waals surface area contributed by atoms with E-state index in [2.05, 4.69) is 58.9 Å². The van der Waals surface area contributed by atoms with Crippen molar-refractivity contribution in [2.24, 2.45) is 0 Å². The van der Waals surface area contributed by atoms with Gasteiger partial charge < -0.3 is 23.4 Å². The quantitative estimate of drug-likeness (QED) is 0.214. The maximum atomic E-state index is 14.4. The SMILES string of the molecule is CC1(C)O[C@@H]2[C@H](O1)[C@@H](CC(C)(C)[Si](O)(c1ccccc1)c1ccccc1)O[C@@H]2C(=O)CO[Si](c1ccccc1)(c1ccccc1)C(C)(C)C. The summed E-state index contributed by atoms with van der Waals surface area (Å²) >= 11 is 0. The Morgan fingerprint density at radius 1 is 0.694 bits per heavy atom. The third-order valence-corrected chi connectivity index (χ3v) is 19.9. The molecule has 8 heteroatoms. The second kappa shape index (κ2) is 13.5. The Hall–Kier alpha value is -3.22. The lowest BCUT2D eigenvalue weighted by molar-refractivity contribution is -0.190. The Balaban J connectivity index is 1.31. The molecular formula is C41H50O6Si2. The van der Waals surface area contributed by atoms with E-state index in [1.54, 1.807) is 0 Å². The number of hydrogen-bond donors (Lipinski definition) is 1. The molecule has 6 rings (SSSR count). The van der Waals surface area contributed by atoms with Gasteiger partial charge in [-0.1, -0.05) is 156 Å². The molecule has 258 valence electrons. The van der Waals surface area contributed by atoms with E-state index in [9.17, 15) is 9.59 Å². The highest BCUT2D eigenvalue weighted by molar-refractivity contribution is 6.99. The number of ketones is 1. The van der Waals surface area contributed by atoms with Crippen molar-refractivity contribution in [1.82, 2.24) is 0 Å². The van der Waals surface area contributed by atoms with Crippen molar-refractivity contribution in [2.45, 2.75) is 95.2 Å². The van der Waals surface area contributed by atoms with Gasteiger partial charge in [-0.3, -0.25) is 4.79 Å². The van der Waals surface area contributed by atoms with Crippen LogP contribution in [0.15, 0.2) is 121 Å². The molecule has 1 N–H and O–H groups in total. The molecule has 0 aliphatic carbocycles. The lowest BCUT2D eigenvalue weighted by atomic mass is 9.98. The van der Waals surface area contributed by atoms with E-state index in [4.69, 9.17) is 18.6 Å². The fourth-order valence-corrected chi connectivity index (χ4v) is 16.3. The van der Waals surface area contributed by atoms with E-state index >= 15 is 0 Å². The van der Waals surface area contributed by atoms with E-state index in [0.29, 0.717) is 6.42 Å². The van der Waals surface area contributed by atoms with Crippen molar-refractivity contribution in [3.63, 3.8) is 0 Å². The van der Waals surface area contributed by atoms with Crippen molar-refractivity contribution in [1.29, 1.82) is 0 Å². The van der Waals surface area contributed by atoms with Gasteiger partial charge in [0.25, 0.3) is 16.6 Å². The van der Waals surface area contributed by atoms with Gasteiger partial charge in [0.15, 0.2) is 11.6 Å². The molecule has 4 atom stereocenters. The minimum Gasteiger partial charge on any atom is -0.424 e. The van der Waals surface area contributed by atoms with Gasteiger partial charge in [-0.05, 0) is 51.1 Å². The predicted molar refractivity (Wildman–Crippen MR) is 200 cm³/mol. The van der Waals surface area contributed by atoms with Crippen molar-refractivity contribution < 1.29 is 28.2 Å². The summed E-state index contributed by atoms with van der Waals surface area (Å²) in [4.78, 5) is 27.2. The first-order valence-electron chi connectivity index (χ1n) is 17.3. The first-order valence-corrected chi connectivity index (χ1v) is 21.2. The van der Waals surface area contributed by atoms with Crippen LogP contribution >= 0.6 is 0 Å². The van der Waals surface area contributed by atoms with Gasteiger partial charge in [-0.15, -0.1) is 0 Å². The first kappa shape index (κ1) is 35.6. The normalized spacial score (nSPS) is 22.5. The van der Waals surface area contributed by atoms with Crippen LogP contribution in [0.1, 0.15) is 54.9 Å². The maximum absolute atomic E-state index is 14.4. The summed E-state index contributed by atoms with van der Waals surface area (Å²) in [6.45, 7) is 14.5. The highest BCUT2D eigenvalue weighted by atomic mass is 28.4. The summed E-state index contributed by atoms with van der Waals surface area (Å²) < 4.78 is 26.6. The lowest BCUT2D eigenvalue weighted by Gasteiger charge is -2.43.